The molecule has 0 atom stereocenters. The maximum absolute atomic E-state index is 10.9. The number of halogens is 1. The number of amides is 1. The largest absolute Gasteiger partial charge is 0.450 e. The van der Waals surface area contributed by atoms with Gasteiger partial charge in [0, 0.05) is 10.6 Å². The maximum atomic E-state index is 10.9. The van der Waals surface area contributed by atoms with Crippen molar-refractivity contribution in [1.82, 2.24) is 5.32 Å². The number of hydrogen-bond donors (Lipinski definition) is 1. The molecule has 1 amide bonds. The number of benzene rings is 1. The van der Waals surface area contributed by atoms with E-state index in [0.29, 0.717) is 11.6 Å². The van der Waals surface area contributed by atoms with Crippen LogP contribution in [0.5, 0.6) is 0 Å². The Balaban J connectivity index is 2.41. The zero-order valence-corrected chi connectivity index (χ0v) is 9.67. The molecular formula is C12H12ClNO2. The van der Waals surface area contributed by atoms with Crippen LogP contribution in [0, 0.1) is 11.8 Å². The SMILES string of the molecule is CCOC(=O)NCC#Cc1cccc(Cl)c1. The molecule has 0 aliphatic carbocycles. The van der Waals surface area contributed by atoms with Gasteiger partial charge in [0.05, 0.1) is 13.2 Å². The van der Waals surface area contributed by atoms with E-state index in [1.54, 1.807) is 19.1 Å². The maximum Gasteiger partial charge on any atom is 0.407 e. The van der Waals surface area contributed by atoms with Gasteiger partial charge in [-0.1, -0.05) is 29.5 Å². The van der Waals surface area contributed by atoms with E-state index in [1.165, 1.54) is 0 Å². The number of nitrogens with one attached hydrogen (secondary N) is 1. The number of hydrogen-bond acceptors (Lipinski definition) is 2. The van der Waals surface area contributed by atoms with E-state index < -0.39 is 6.09 Å². The van der Waals surface area contributed by atoms with Crippen LogP contribution < -0.4 is 5.32 Å². The molecule has 3 nitrogen and oxygen atoms in total. The molecule has 1 aromatic rings. The number of carbonyl (C=O) groups excluding carboxylic acids is 1. The second-order valence-electron chi connectivity index (χ2n) is 2.89. The summed E-state index contributed by atoms with van der Waals surface area (Å²) in [5.74, 6) is 5.68. The Kier molecular flexibility index (Phi) is 5.24. The van der Waals surface area contributed by atoms with Gasteiger partial charge in [-0.3, -0.25) is 0 Å². The molecule has 0 bridgehead atoms. The Morgan fingerprint density at radius 3 is 3.06 bits per heavy atom. The van der Waals surface area contributed by atoms with E-state index in [4.69, 9.17) is 11.6 Å². The minimum atomic E-state index is -0.456. The Hall–Kier alpha value is -1.66. The number of alkyl carbamates (subject to hydrolysis) is 1. The lowest BCUT2D eigenvalue weighted by molar-refractivity contribution is 0.153. The van der Waals surface area contributed by atoms with E-state index in [-0.39, 0.29) is 6.54 Å². The van der Waals surface area contributed by atoms with Gasteiger partial charge in [0.25, 0.3) is 0 Å². The zero-order chi connectivity index (χ0) is 11.8. The van der Waals surface area contributed by atoms with Crippen LogP contribution in [-0.2, 0) is 4.74 Å². The number of ether oxygens (including phenoxy) is 1. The smallest absolute Gasteiger partial charge is 0.407 e. The van der Waals surface area contributed by atoms with Gasteiger partial charge >= 0.3 is 6.09 Å². The third kappa shape index (κ3) is 4.72. The van der Waals surface area contributed by atoms with Crippen molar-refractivity contribution in [3.8, 4) is 11.8 Å². The van der Waals surface area contributed by atoms with Crippen LogP contribution >= 0.6 is 11.6 Å². The van der Waals surface area contributed by atoms with Gasteiger partial charge in [0.15, 0.2) is 0 Å². The lowest BCUT2D eigenvalue weighted by Gasteiger charge is -1.99. The predicted molar refractivity (Wildman–Crippen MR) is 63.4 cm³/mol. The van der Waals surface area contributed by atoms with Crippen molar-refractivity contribution < 1.29 is 9.53 Å². The van der Waals surface area contributed by atoms with Crippen LogP contribution in [0.3, 0.4) is 0 Å². The summed E-state index contributed by atoms with van der Waals surface area (Å²) in [7, 11) is 0. The lowest BCUT2D eigenvalue weighted by Crippen LogP contribution is -2.24. The molecule has 4 heteroatoms. The lowest BCUT2D eigenvalue weighted by atomic mass is 10.2. The fourth-order valence-electron chi connectivity index (χ4n) is 1.01. The molecule has 16 heavy (non-hydrogen) atoms. The van der Waals surface area contributed by atoms with Gasteiger partial charge in [-0.25, -0.2) is 4.79 Å². The monoisotopic (exact) mass is 237 g/mol. The Morgan fingerprint density at radius 2 is 2.38 bits per heavy atom. The predicted octanol–water partition coefficient (Wildman–Crippen LogP) is 2.44. The van der Waals surface area contributed by atoms with Crippen molar-refractivity contribution in [2.24, 2.45) is 0 Å². The van der Waals surface area contributed by atoms with Crippen molar-refractivity contribution in [3.63, 3.8) is 0 Å². The van der Waals surface area contributed by atoms with Gasteiger partial charge in [0.1, 0.15) is 0 Å². The molecule has 0 saturated carbocycles. The van der Waals surface area contributed by atoms with E-state index in [0.717, 1.165) is 5.56 Å². The van der Waals surface area contributed by atoms with Gasteiger partial charge < -0.3 is 10.1 Å². The zero-order valence-electron chi connectivity index (χ0n) is 8.92. The normalized spacial score (nSPS) is 8.88. The average molecular weight is 238 g/mol. The summed E-state index contributed by atoms with van der Waals surface area (Å²) in [6.07, 6.45) is -0.456. The third-order valence-electron chi connectivity index (χ3n) is 1.65. The fourth-order valence-corrected chi connectivity index (χ4v) is 1.20. The molecular weight excluding hydrogens is 226 g/mol. The quantitative estimate of drug-likeness (QED) is 0.803. The summed E-state index contributed by atoms with van der Waals surface area (Å²) in [6, 6.07) is 7.22. The highest BCUT2D eigenvalue weighted by Gasteiger charge is 1.95. The fraction of sp³-hybridized carbons (Fsp3) is 0.250. The van der Waals surface area contributed by atoms with Crippen LogP contribution in [0.25, 0.3) is 0 Å². The molecule has 1 aromatic carbocycles. The van der Waals surface area contributed by atoms with Crippen LogP contribution in [0.1, 0.15) is 12.5 Å². The Bertz CT molecular complexity index is 421. The third-order valence-corrected chi connectivity index (χ3v) is 1.89. The van der Waals surface area contributed by atoms with E-state index in [9.17, 15) is 4.79 Å². The summed E-state index contributed by atoms with van der Waals surface area (Å²) < 4.78 is 4.67. The van der Waals surface area contributed by atoms with Gasteiger partial charge in [0.2, 0.25) is 0 Å². The summed E-state index contributed by atoms with van der Waals surface area (Å²) in [6.45, 7) is 2.36. The van der Waals surface area contributed by atoms with Crippen molar-refractivity contribution in [2.75, 3.05) is 13.2 Å². The molecule has 84 valence electrons. The minimum absolute atomic E-state index is 0.255. The van der Waals surface area contributed by atoms with E-state index in [1.807, 2.05) is 12.1 Å². The molecule has 0 aromatic heterocycles. The molecule has 0 heterocycles. The van der Waals surface area contributed by atoms with Gasteiger partial charge in [-0.15, -0.1) is 0 Å². The molecule has 0 radical (unpaired) electrons. The highest BCUT2D eigenvalue weighted by Crippen LogP contribution is 2.08. The molecule has 0 fully saturated rings. The Labute approximate surface area is 99.7 Å². The molecule has 0 aliphatic rings. The van der Waals surface area contributed by atoms with Crippen LogP contribution in [0.15, 0.2) is 24.3 Å². The Morgan fingerprint density at radius 1 is 1.56 bits per heavy atom. The summed E-state index contributed by atoms with van der Waals surface area (Å²) in [5, 5.41) is 3.14. The first-order valence-electron chi connectivity index (χ1n) is 4.87. The highest BCUT2D eigenvalue weighted by atomic mass is 35.5. The summed E-state index contributed by atoms with van der Waals surface area (Å²) in [4.78, 5) is 10.9. The molecule has 1 rings (SSSR count). The van der Waals surface area contributed by atoms with Crippen molar-refractivity contribution in [2.45, 2.75) is 6.92 Å². The molecule has 0 spiro atoms. The van der Waals surface area contributed by atoms with Crippen molar-refractivity contribution in [1.29, 1.82) is 0 Å². The van der Waals surface area contributed by atoms with E-state index in [2.05, 4.69) is 21.9 Å². The average Bonchev–Trinajstić information content (AvgIpc) is 2.25. The summed E-state index contributed by atoms with van der Waals surface area (Å²) in [5.41, 5.74) is 0.818. The standard InChI is InChI=1S/C12H12ClNO2/c1-2-16-12(15)14-8-4-6-10-5-3-7-11(13)9-10/h3,5,7,9H,2,8H2,1H3,(H,14,15). The molecule has 0 aliphatic heterocycles. The van der Waals surface area contributed by atoms with Crippen LogP contribution in [0.4, 0.5) is 4.79 Å². The second-order valence-corrected chi connectivity index (χ2v) is 3.32. The first-order valence-corrected chi connectivity index (χ1v) is 5.25. The van der Waals surface area contributed by atoms with Crippen molar-refractivity contribution in [3.05, 3.63) is 34.9 Å². The van der Waals surface area contributed by atoms with Crippen LogP contribution in [0.2, 0.25) is 5.02 Å². The van der Waals surface area contributed by atoms with Gasteiger partial charge in [-0.2, -0.15) is 0 Å². The van der Waals surface area contributed by atoms with Gasteiger partial charge in [-0.05, 0) is 25.1 Å². The second kappa shape index (κ2) is 6.76. The topological polar surface area (TPSA) is 38.3 Å². The minimum Gasteiger partial charge on any atom is -0.450 e. The highest BCUT2D eigenvalue weighted by molar-refractivity contribution is 6.30. The molecule has 1 N–H and O–H groups in total. The van der Waals surface area contributed by atoms with Crippen molar-refractivity contribution >= 4 is 17.7 Å². The number of carbonyl (C=O) groups is 1. The van der Waals surface area contributed by atoms with Crippen LogP contribution in [-0.4, -0.2) is 19.2 Å². The summed E-state index contributed by atoms with van der Waals surface area (Å²) >= 11 is 5.79. The first kappa shape index (κ1) is 12.4. The number of rotatable bonds is 2. The van der Waals surface area contributed by atoms with E-state index >= 15 is 0 Å². The molecule has 0 unspecified atom stereocenters. The first-order chi connectivity index (χ1) is 7.72. The molecule has 0 saturated heterocycles.